The van der Waals surface area contributed by atoms with Gasteiger partial charge in [-0.15, -0.1) is 0 Å². The van der Waals surface area contributed by atoms with Crippen LogP contribution in [0.25, 0.3) is 0 Å². The molecule has 0 aromatic rings. The van der Waals surface area contributed by atoms with Gasteiger partial charge in [-0.3, -0.25) is 4.79 Å². The summed E-state index contributed by atoms with van der Waals surface area (Å²) in [6, 6.07) is 0. The number of ketones is 1. The summed E-state index contributed by atoms with van der Waals surface area (Å²) in [5, 5.41) is 10.4. The van der Waals surface area contributed by atoms with Crippen molar-refractivity contribution in [1.82, 2.24) is 0 Å². The van der Waals surface area contributed by atoms with E-state index in [1.54, 1.807) is 13.0 Å². The molecule has 2 nitrogen and oxygen atoms in total. The molecule has 0 amide bonds. The van der Waals surface area contributed by atoms with Crippen molar-refractivity contribution in [2.24, 2.45) is 5.92 Å². The van der Waals surface area contributed by atoms with Crippen LogP contribution >= 0.6 is 0 Å². The van der Waals surface area contributed by atoms with Crippen LogP contribution in [-0.4, -0.2) is 16.5 Å². The molecule has 17 heavy (non-hydrogen) atoms. The van der Waals surface area contributed by atoms with Crippen LogP contribution < -0.4 is 0 Å². The van der Waals surface area contributed by atoms with Gasteiger partial charge in [0.15, 0.2) is 5.78 Å². The molecule has 96 valence electrons. The molecule has 2 unspecified atom stereocenters. The average molecular weight is 236 g/mol. The van der Waals surface area contributed by atoms with Crippen molar-refractivity contribution in [2.75, 3.05) is 0 Å². The van der Waals surface area contributed by atoms with Crippen molar-refractivity contribution in [2.45, 2.75) is 59.0 Å². The monoisotopic (exact) mass is 236 g/mol. The van der Waals surface area contributed by atoms with E-state index in [9.17, 15) is 9.90 Å². The first-order valence-electron chi connectivity index (χ1n) is 6.37. The maximum absolute atomic E-state index is 11.7. The number of hydrogen-bond acceptors (Lipinski definition) is 2. The Bertz CT molecular complexity index is 344. The van der Waals surface area contributed by atoms with Crippen molar-refractivity contribution in [3.8, 4) is 0 Å². The van der Waals surface area contributed by atoms with Crippen LogP contribution in [0.4, 0.5) is 0 Å². The fraction of sp³-hybridized carbons (Fsp3) is 0.667. The molecule has 0 heterocycles. The van der Waals surface area contributed by atoms with E-state index in [1.165, 1.54) is 5.57 Å². The summed E-state index contributed by atoms with van der Waals surface area (Å²) in [5.74, 6) is 0.238. The van der Waals surface area contributed by atoms with Gasteiger partial charge < -0.3 is 5.11 Å². The van der Waals surface area contributed by atoms with E-state index in [-0.39, 0.29) is 18.1 Å². The minimum Gasteiger partial charge on any atom is -0.389 e. The molecule has 1 rings (SSSR count). The minimum atomic E-state index is -0.875. The highest BCUT2D eigenvalue weighted by molar-refractivity contribution is 5.90. The maximum Gasteiger partial charge on any atom is 0.158 e. The zero-order valence-electron chi connectivity index (χ0n) is 11.4. The Morgan fingerprint density at radius 3 is 2.71 bits per heavy atom. The standard InChI is InChI=1S/C15H24O2/c1-11(2)9-14(16)10-15(4,17)13-7-5-12(3)6-8-13/h5,9,13,17H,6-8,10H2,1-4H3. The highest BCUT2D eigenvalue weighted by Crippen LogP contribution is 2.34. The van der Waals surface area contributed by atoms with E-state index < -0.39 is 5.60 Å². The maximum atomic E-state index is 11.7. The molecule has 2 heteroatoms. The molecule has 0 spiro atoms. The number of carbonyl (C=O) groups excluding carboxylic acids is 1. The Morgan fingerprint density at radius 1 is 1.59 bits per heavy atom. The molecule has 0 aromatic heterocycles. The zero-order chi connectivity index (χ0) is 13.1. The Labute approximate surface area is 104 Å². The first-order chi connectivity index (χ1) is 7.81. The molecule has 0 saturated carbocycles. The molecule has 0 bridgehead atoms. The molecular weight excluding hydrogens is 212 g/mol. The van der Waals surface area contributed by atoms with Gasteiger partial charge in [0.2, 0.25) is 0 Å². The van der Waals surface area contributed by atoms with Gasteiger partial charge in [-0.2, -0.15) is 0 Å². The third-order valence-electron chi connectivity index (χ3n) is 3.50. The Morgan fingerprint density at radius 2 is 2.24 bits per heavy atom. The largest absolute Gasteiger partial charge is 0.389 e. The second-order valence-corrected chi connectivity index (χ2v) is 5.74. The van der Waals surface area contributed by atoms with E-state index in [4.69, 9.17) is 0 Å². The first-order valence-corrected chi connectivity index (χ1v) is 6.37. The van der Waals surface area contributed by atoms with Crippen molar-refractivity contribution in [3.05, 3.63) is 23.3 Å². The predicted octanol–water partition coefficient (Wildman–Crippen LogP) is 3.41. The topological polar surface area (TPSA) is 37.3 Å². The summed E-state index contributed by atoms with van der Waals surface area (Å²) in [6.07, 6.45) is 6.96. The SMILES string of the molecule is CC(C)=CC(=O)CC(C)(O)C1CC=C(C)CC1. The van der Waals surface area contributed by atoms with E-state index in [1.807, 2.05) is 13.8 Å². The second-order valence-electron chi connectivity index (χ2n) is 5.74. The Balaban J connectivity index is 2.62. The normalized spacial score (nSPS) is 23.6. The van der Waals surface area contributed by atoms with Gasteiger partial charge in [0.25, 0.3) is 0 Å². The third kappa shape index (κ3) is 4.47. The fourth-order valence-corrected chi connectivity index (χ4v) is 2.40. The fourth-order valence-electron chi connectivity index (χ4n) is 2.40. The lowest BCUT2D eigenvalue weighted by Crippen LogP contribution is -2.37. The van der Waals surface area contributed by atoms with Crippen LogP contribution in [0.2, 0.25) is 0 Å². The molecule has 0 aromatic carbocycles. The number of hydrogen-bond donors (Lipinski definition) is 1. The molecule has 0 aliphatic heterocycles. The lowest BCUT2D eigenvalue weighted by molar-refractivity contribution is -0.121. The lowest BCUT2D eigenvalue weighted by Gasteiger charge is -2.34. The molecule has 1 aliphatic carbocycles. The summed E-state index contributed by atoms with van der Waals surface area (Å²) in [4.78, 5) is 11.7. The van der Waals surface area contributed by atoms with Crippen LogP contribution in [0, 0.1) is 5.92 Å². The highest BCUT2D eigenvalue weighted by Gasteiger charge is 2.33. The highest BCUT2D eigenvalue weighted by atomic mass is 16.3. The summed E-state index contributed by atoms with van der Waals surface area (Å²) in [7, 11) is 0. The lowest BCUT2D eigenvalue weighted by atomic mass is 9.76. The summed E-state index contributed by atoms with van der Waals surface area (Å²) in [5.41, 5.74) is 1.51. The van der Waals surface area contributed by atoms with Crippen LogP contribution in [0.5, 0.6) is 0 Å². The van der Waals surface area contributed by atoms with E-state index in [0.717, 1.165) is 24.8 Å². The van der Waals surface area contributed by atoms with Crippen molar-refractivity contribution < 1.29 is 9.90 Å². The van der Waals surface area contributed by atoms with E-state index in [2.05, 4.69) is 13.0 Å². The van der Waals surface area contributed by atoms with Gasteiger partial charge in [0, 0.05) is 6.42 Å². The van der Waals surface area contributed by atoms with Gasteiger partial charge in [-0.05, 0) is 59.0 Å². The van der Waals surface area contributed by atoms with Gasteiger partial charge in [-0.1, -0.05) is 17.2 Å². The minimum absolute atomic E-state index is 0.0290. The van der Waals surface area contributed by atoms with Crippen molar-refractivity contribution in [3.63, 3.8) is 0 Å². The predicted molar refractivity (Wildman–Crippen MR) is 70.8 cm³/mol. The number of aliphatic hydroxyl groups is 1. The summed E-state index contributed by atoms with van der Waals surface area (Å²) in [6.45, 7) is 7.72. The first kappa shape index (κ1) is 14.2. The van der Waals surface area contributed by atoms with Gasteiger partial charge >= 0.3 is 0 Å². The van der Waals surface area contributed by atoms with Crippen molar-refractivity contribution >= 4 is 5.78 Å². The smallest absolute Gasteiger partial charge is 0.158 e. The molecule has 0 saturated heterocycles. The quantitative estimate of drug-likeness (QED) is 0.600. The molecular formula is C15H24O2. The van der Waals surface area contributed by atoms with Gasteiger partial charge in [0.05, 0.1) is 5.60 Å². The average Bonchev–Trinajstić information content (AvgIpc) is 2.15. The second kappa shape index (κ2) is 5.63. The van der Waals surface area contributed by atoms with Crippen LogP contribution in [0.15, 0.2) is 23.3 Å². The Kier molecular flexibility index (Phi) is 4.70. The van der Waals surface area contributed by atoms with Crippen LogP contribution in [0.3, 0.4) is 0 Å². The molecule has 1 aliphatic rings. The molecule has 1 N–H and O–H groups in total. The van der Waals surface area contributed by atoms with Gasteiger partial charge in [-0.25, -0.2) is 0 Å². The zero-order valence-corrected chi connectivity index (χ0v) is 11.4. The summed E-state index contributed by atoms with van der Waals surface area (Å²) >= 11 is 0. The number of carbonyl (C=O) groups is 1. The third-order valence-corrected chi connectivity index (χ3v) is 3.50. The molecule has 2 atom stereocenters. The van der Waals surface area contributed by atoms with Gasteiger partial charge in [0.1, 0.15) is 0 Å². The van der Waals surface area contributed by atoms with Crippen LogP contribution in [-0.2, 0) is 4.79 Å². The number of allylic oxidation sites excluding steroid dienone is 4. The Hall–Kier alpha value is -0.890. The van der Waals surface area contributed by atoms with E-state index in [0.29, 0.717) is 0 Å². The molecule has 0 radical (unpaired) electrons. The summed E-state index contributed by atoms with van der Waals surface area (Å²) < 4.78 is 0. The van der Waals surface area contributed by atoms with E-state index >= 15 is 0 Å². The number of rotatable bonds is 4. The van der Waals surface area contributed by atoms with Crippen molar-refractivity contribution in [1.29, 1.82) is 0 Å². The van der Waals surface area contributed by atoms with Crippen LogP contribution in [0.1, 0.15) is 53.4 Å². The molecule has 0 fully saturated rings.